The van der Waals surface area contributed by atoms with Gasteiger partial charge in [-0.1, -0.05) is 29.8 Å². The number of anilines is 2. The first-order valence-electron chi connectivity index (χ1n) is 8.34. The number of nitrogens with one attached hydrogen (secondary N) is 1. The van der Waals surface area contributed by atoms with E-state index in [1.54, 1.807) is 19.6 Å². The van der Waals surface area contributed by atoms with E-state index in [1.165, 1.54) is 5.56 Å². The molecule has 0 spiro atoms. The molecular formula is C20H19N5O. The summed E-state index contributed by atoms with van der Waals surface area (Å²) >= 11 is 0. The van der Waals surface area contributed by atoms with Crippen LogP contribution in [0.25, 0.3) is 16.7 Å². The van der Waals surface area contributed by atoms with E-state index in [1.807, 2.05) is 28.9 Å². The summed E-state index contributed by atoms with van der Waals surface area (Å²) < 4.78 is 7.25. The molecule has 0 saturated heterocycles. The summed E-state index contributed by atoms with van der Waals surface area (Å²) in [6.07, 6.45) is 3.33. The molecule has 0 atom stereocenters. The van der Waals surface area contributed by atoms with Gasteiger partial charge in [-0.05, 0) is 37.6 Å². The lowest BCUT2D eigenvalue weighted by Crippen LogP contribution is -2.02. The molecule has 2 heterocycles. The Labute approximate surface area is 151 Å². The lowest BCUT2D eigenvalue weighted by molar-refractivity contribution is 0.417. The van der Waals surface area contributed by atoms with Crippen LogP contribution in [0.15, 0.2) is 55.0 Å². The number of hydrogen-bond donors (Lipinski definition) is 1. The molecule has 4 aromatic rings. The first kappa shape index (κ1) is 16.1. The normalized spacial score (nSPS) is 10.9. The third-order valence-electron chi connectivity index (χ3n) is 4.31. The Kier molecular flexibility index (Phi) is 4.01. The van der Waals surface area contributed by atoms with Crippen LogP contribution in [-0.4, -0.2) is 26.9 Å². The molecule has 130 valence electrons. The summed E-state index contributed by atoms with van der Waals surface area (Å²) in [6, 6.07) is 14.0. The number of nitrogens with zero attached hydrogens (tertiary/aromatic N) is 4. The highest BCUT2D eigenvalue weighted by molar-refractivity contribution is 5.89. The Balaban J connectivity index is 1.80. The van der Waals surface area contributed by atoms with Crippen LogP contribution in [0.2, 0.25) is 0 Å². The van der Waals surface area contributed by atoms with Gasteiger partial charge in [-0.2, -0.15) is 5.10 Å². The smallest absolute Gasteiger partial charge is 0.168 e. The minimum absolute atomic E-state index is 0.690. The quantitative estimate of drug-likeness (QED) is 0.601. The Bertz CT molecular complexity index is 1090. The SMILES string of the molecule is COc1ccccc1Nc1ncnc2c1cnn2-c1ccc(C)cc1C. The predicted molar refractivity (Wildman–Crippen MR) is 102 cm³/mol. The number of benzene rings is 2. The molecule has 0 saturated carbocycles. The van der Waals surface area contributed by atoms with Crippen molar-refractivity contribution in [1.29, 1.82) is 0 Å². The standard InChI is InChI=1S/C20H19N5O/c1-13-8-9-17(14(2)10-13)25-20-15(11-23-25)19(21-12-22-20)24-16-6-4-5-7-18(16)26-3/h4-12H,1-3H3,(H,21,22,24). The number of ether oxygens (including phenoxy) is 1. The van der Waals surface area contributed by atoms with Gasteiger partial charge < -0.3 is 10.1 Å². The minimum Gasteiger partial charge on any atom is -0.495 e. The van der Waals surface area contributed by atoms with Gasteiger partial charge in [-0.15, -0.1) is 0 Å². The van der Waals surface area contributed by atoms with Crippen LogP contribution in [0, 0.1) is 13.8 Å². The van der Waals surface area contributed by atoms with E-state index >= 15 is 0 Å². The number of rotatable bonds is 4. The zero-order valence-electron chi connectivity index (χ0n) is 14.9. The van der Waals surface area contributed by atoms with E-state index in [0.717, 1.165) is 33.7 Å². The molecule has 0 unspecified atom stereocenters. The van der Waals surface area contributed by atoms with Crippen LogP contribution < -0.4 is 10.1 Å². The van der Waals surface area contributed by atoms with Gasteiger partial charge in [0.1, 0.15) is 17.9 Å². The van der Waals surface area contributed by atoms with Crippen LogP contribution in [0.1, 0.15) is 11.1 Å². The molecule has 0 bridgehead atoms. The maximum Gasteiger partial charge on any atom is 0.168 e. The number of aryl methyl sites for hydroxylation is 2. The van der Waals surface area contributed by atoms with Gasteiger partial charge in [0.2, 0.25) is 0 Å². The van der Waals surface area contributed by atoms with Crippen molar-refractivity contribution in [3.63, 3.8) is 0 Å². The fourth-order valence-corrected chi connectivity index (χ4v) is 3.04. The molecule has 2 aromatic carbocycles. The topological polar surface area (TPSA) is 64.9 Å². The van der Waals surface area contributed by atoms with Gasteiger partial charge in [-0.25, -0.2) is 14.6 Å². The largest absolute Gasteiger partial charge is 0.495 e. The number of para-hydroxylation sites is 2. The van der Waals surface area contributed by atoms with E-state index in [4.69, 9.17) is 4.74 Å². The summed E-state index contributed by atoms with van der Waals surface area (Å²) in [5, 5.41) is 8.72. The van der Waals surface area contributed by atoms with E-state index in [-0.39, 0.29) is 0 Å². The fourth-order valence-electron chi connectivity index (χ4n) is 3.04. The highest BCUT2D eigenvalue weighted by Gasteiger charge is 2.13. The Morgan fingerprint density at radius 2 is 1.88 bits per heavy atom. The molecule has 0 fully saturated rings. The first-order valence-corrected chi connectivity index (χ1v) is 8.34. The molecule has 0 aliphatic rings. The highest BCUT2D eigenvalue weighted by Crippen LogP contribution is 2.30. The van der Waals surface area contributed by atoms with E-state index in [9.17, 15) is 0 Å². The zero-order chi connectivity index (χ0) is 18.1. The van der Waals surface area contributed by atoms with Gasteiger partial charge >= 0.3 is 0 Å². The van der Waals surface area contributed by atoms with Crippen molar-refractivity contribution in [2.45, 2.75) is 13.8 Å². The third kappa shape index (κ3) is 2.75. The predicted octanol–water partition coefficient (Wildman–Crippen LogP) is 4.18. The second kappa shape index (κ2) is 6.48. The van der Waals surface area contributed by atoms with E-state index in [2.05, 4.69) is 52.4 Å². The van der Waals surface area contributed by atoms with Gasteiger partial charge in [-0.3, -0.25) is 0 Å². The zero-order valence-corrected chi connectivity index (χ0v) is 14.9. The summed E-state index contributed by atoms with van der Waals surface area (Å²) in [6.45, 7) is 4.15. The van der Waals surface area contributed by atoms with Crippen molar-refractivity contribution < 1.29 is 4.74 Å². The summed E-state index contributed by atoms with van der Waals surface area (Å²) in [5.41, 5.74) is 4.97. The van der Waals surface area contributed by atoms with Gasteiger partial charge in [0.15, 0.2) is 5.65 Å². The molecule has 2 aromatic heterocycles. The Morgan fingerprint density at radius 1 is 1.04 bits per heavy atom. The average molecular weight is 345 g/mol. The number of methoxy groups -OCH3 is 1. The molecular weight excluding hydrogens is 326 g/mol. The van der Waals surface area contributed by atoms with Crippen LogP contribution >= 0.6 is 0 Å². The van der Waals surface area contributed by atoms with Crippen molar-refractivity contribution in [1.82, 2.24) is 19.7 Å². The van der Waals surface area contributed by atoms with Crippen molar-refractivity contribution in [2.24, 2.45) is 0 Å². The monoisotopic (exact) mass is 345 g/mol. The summed E-state index contributed by atoms with van der Waals surface area (Å²) in [5.74, 6) is 1.44. The number of fused-ring (bicyclic) bond motifs is 1. The van der Waals surface area contributed by atoms with Crippen molar-refractivity contribution >= 4 is 22.5 Å². The number of aromatic nitrogens is 4. The maximum atomic E-state index is 5.40. The van der Waals surface area contributed by atoms with Crippen molar-refractivity contribution in [3.8, 4) is 11.4 Å². The average Bonchev–Trinajstić information content (AvgIpc) is 3.07. The molecule has 26 heavy (non-hydrogen) atoms. The molecule has 0 amide bonds. The van der Waals surface area contributed by atoms with Crippen LogP contribution in [-0.2, 0) is 0 Å². The van der Waals surface area contributed by atoms with Crippen LogP contribution in [0.5, 0.6) is 5.75 Å². The molecule has 6 nitrogen and oxygen atoms in total. The van der Waals surface area contributed by atoms with Crippen molar-refractivity contribution in [3.05, 3.63) is 66.1 Å². The fraction of sp³-hybridized carbons (Fsp3) is 0.150. The molecule has 0 aliphatic carbocycles. The molecule has 6 heteroatoms. The maximum absolute atomic E-state index is 5.40. The Morgan fingerprint density at radius 3 is 2.69 bits per heavy atom. The van der Waals surface area contributed by atoms with E-state index in [0.29, 0.717) is 5.82 Å². The van der Waals surface area contributed by atoms with Crippen molar-refractivity contribution in [2.75, 3.05) is 12.4 Å². The van der Waals surface area contributed by atoms with Gasteiger partial charge in [0.25, 0.3) is 0 Å². The van der Waals surface area contributed by atoms with E-state index < -0.39 is 0 Å². The second-order valence-electron chi connectivity index (χ2n) is 6.13. The Hall–Kier alpha value is -3.41. The molecule has 4 rings (SSSR count). The highest BCUT2D eigenvalue weighted by atomic mass is 16.5. The summed E-state index contributed by atoms with van der Waals surface area (Å²) in [7, 11) is 1.65. The van der Waals surface area contributed by atoms with Gasteiger partial charge in [0.05, 0.1) is 30.1 Å². The third-order valence-corrected chi connectivity index (χ3v) is 4.31. The number of hydrogen-bond acceptors (Lipinski definition) is 5. The molecule has 1 N–H and O–H groups in total. The van der Waals surface area contributed by atoms with Crippen LogP contribution in [0.3, 0.4) is 0 Å². The van der Waals surface area contributed by atoms with Gasteiger partial charge in [0, 0.05) is 0 Å². The first-order chi connectivity index (χ1) is 12.7. The molecule has 0 radical (unpaired) electrons. The molecule has 0 aliphatic heterocycles. The second-order valence-corrected chi connectivity index (χ2v) is 6.13. The minimum atomic E-state index is 0.690. The lowest BCUT2D eigenvalue weighted by Gasteiger charge is -2.11. The summed E-state index contributed by atoms with van der Waals surface area (Å²) in [4.78, 5) is 8.83. The lowest BCUT2D eigenvalue weighted by atomic mass is 10.1. The van der Waals surface area contributed by atoms with Crippen LogP contribution in [0.4, 0.5) is 11.5 Å².